The van der Waals surface area contributed by atoms with Crippen molar-refractivity contribution in [2.24, 2.45) is 0 Å². The summed E-state index contributed by atoms with van der Waals surface area (Å²) >= 11 is 0. The van der Waals surface area contributed by atoms with Crippen molar-refractivity contribution in [3.05, 3.63) is 29.8 Å². The highest BCUT2D eigenvalue weighted by atomic mass is 19.4. The van der Waals surface area contributed by atoms with E-state index in [4.69, 9.17) is 5.11 Å². The van der Waals surface area contributed by atoms with Crippen molar-refractivity contribution in [3.8, 4) is 0 Å². The minimum absolute atomic E-state index is 0.383. The van der Waals surface area contributed by atoms with Crippen LogP contribution in [0, 0.1) is 0 Å². The third kappa shape index (κ3) is 7.34. The van der Waals surface area contributed by atoms with Crippen LogP contribution in [0.25, 0.3) is 0 Å². The van der Waals surface area contributed by atoms with Gasteiger partial charge in [-0.05, 0) is 24.1 Å². The van der Waals surface area contributed by atoms with Gasteiger partial charge in [0, 0.05) is 12.2 Å². The van der Waals surface area contributed by atoms with E-state index >= 15 is 0 Å². The zero-order valence-corrected chi connectivity index (χ0v) is 12.8. The first-order valence-corrected chi connectivity index (χ1v) is 7.25. The van der Waals surface area contributed by atoms with Gasteiger partial charge in [0.05, 0.1) is 25.7 Å². The molecule has 0 aliphatic carbocycles. The fraction of sp³-hybridized carbons (Fsp3) is 0.533. The average Bonchev–Trinajstić information content (AvgIpc) is 2.50. The van der Waals surface area contributed by atoms with E-state index in [2.05, 4.69) is 5.32 Å². The Bertz CT molecular complexity index is 492. The number of hydrogen-bond acceptors (Lipinski definition) is 3. The van der Waals surface area contributed by atoms with E-state index in [1.54, 1.807) is 24.3 Å². The molecule has 0 radical (unpaired) electrons. The van der Waals surface area contributed by atoms with E-state index in [-0.39, 0.29) is 6.54 Å². The van der Waals surface area contributed by atoms with Crippen molar-refractivity contribution in [1.82, 2.24) is 4.90 Å². The van der Waals surface area contributed by atoms with Crippen molar-refractivity contribution < 1.29 is 28.2 Å². The monoisotopic (exact) mass is 334 g/mol. The van der Waals surface area contributed by atoms with Gasteiger partial charge in [0.25, 0.3) is 0 Å². The summed E-state index contributed by atoms with van der Waals surface area (Å²) in [5.74, 6) is 0. The Labute approximate surface area is 132 Å². The van der Waals surface area contributed by atoms with Crippen LogP contribution in [0.5, 0.6) is 0 Å². The molecule has 0 bridgehead atoms. The fourth-order valence-electron chi connectivity index (χ4n) is 1.88. The number of alkyl halides is 3. The highest BCUT2D eigenvalue weighted by molar-refractivity contribution is 5.89. The summed E-state index contributed by atoms with van der Waals surface area (Å²) in [6.45, 7) is 0.356. The van der Waals surface area contributed by atoms with Crippen LogP contribution in [0.15, 0.2) is 24.3 Å². The molecule has 0 aliphatic heterocycles. The molecule has 0 aromatic heterocycles. The number of nitrogens with one attached hydrogen (secondary N) is 1. The molecule has 1 rings (SSSR count). The minimum Gasteiger partial charge on any atom is -0.394 e. The lowest BCUT2D eigenvalue weighted by Gasteiger charge is -2.25. The van der Waals surface area contributed by atoms with Gasteiger partial charge >= 0.3 is 12.2 Å². The summed E-state index contributed by atoms with van der Waals surface area (Å²) in [6, 6.07) is 6.16. The Hall–Kier alpha value is -1.80. The smallest absolute Gasteiger partial charge is 0.390 e. The highest BCUT2D eigenvalue weighted by Crippen LogP contribution is 2.20. The molecule has 0 heterocycles. The maximum atomic E-state index is 12.3. The standard InChI is InChI=1S/C15H21F3N2O3/c1-2-11-3-5-12(6-4-11)19-14(23)20(9-13(22)10-21)8-7-15(16,17)18/h3-6,13,21-22H,2,7-10H2,1H3,(H,19,23)/t13-/m0/s1. The minimum atomic E-state index is -4.41. The summed E-state index contributed by atoms with van der Waals surface area (Å²) in [7, 11) is 0. The largest absolute Gasteiger partial charge is 0.394 e. The first-order chi connectivity index (χ1) is 10.7. The Balaban J connectivity index is 2.72. The van der Waals surface area contributed by atoms with E-state index in [1.807, 2.05) is 6.92 Å². The molecular formula is C15H21F3N2O3. The quantitative estimate of drug-likeness (QED) is 0.717. The Kier molecular flexibility index (Phi) is 7.31. The van der Waals surface area contributed by atoms with Gasteiger partial charge in [-0.1, -0.05) is 19.1 Å². The van der Waals surface area contributed by atoms with Crippen molar-refractivity contribution in [3.63, 3.8) is 0 Å². The van der Waals surface area contributed by atoms with Gasteiger partial charge < -0.3 is 20.4 Å². The molecule has 3 N–H and O–H groups in total. The fourth-order valence-corrected chi connectivity index (χ4v) is 1.88. The summed E-state index contributed by atoms with van der Waals surface area (Å²) < 4.78 is 37.0. The molecule has 0 saturated carbocycles. The van der Waals surface area contributed by atoms with E-state index in [1.165, 1.54) is 0 Å². The second-order valence-corrected chi connectivity index (χ2v) is 5.13. The second kappa shape index (κ2) is 8.73. The van der Waals surface area contributed by atoms with Crippen molar-refractivity contribution in [2.75, 3.05) is 25.0 Å². The maximum Gasteiger partial charge on any atom is 0.390 e. The molecule has 0 spiro atoms. The van der Waals surface area contributed by atoms with Crippen LogP contribution >= 0.6 is 0 Å². The Morgan fingerprint density at radius 1 is 1.30 bits per heavy atom. The summed E-state index contributed by atoms with van der Waals surface area (Å²) in [4.78, 5) is 12.9. The molecule has 0 saturated heterocycles. The van der Waals surface area contributed by atoms with Crippen molar-refractivity contribution in [2.45, 2.75) is 32.0 Å². The number of nitrogens with zero attached hydrogens (tertiary/aromatic N) is 1. The van der Waals surface area contributed by atoms with Gasteiger partial charge in [0.1, 0.15) is 0 Å². The van der Waals surface area contributed by atoms with Crippen molar-refractivity contribution in [1.29, 1.82) is 0 Å². The lowest BCUT2D eigenvalue weighted by Crippen LogP contribution is -2.42. The number of urea groups is 1. The van der Waals surface area contributed by atoms with E-state index in [0.717, 1.165) is 16.9 Å². The summed E-state index contributed by atoms with van der Waals surface area (Å²) in [6.07, 6.45) is -6.07. The van der Waals surface area contributed by atoms with Gasteiger partial charge in [0.15, 0.2) is 0 Å². The number of benzene rings is 1. The number of aryl methyl sites for hydroxylation is 1. The predicted octanol–water partition coefficient (Wildman–Crippen LogP) is 2.39. The first kappa shape index (κ1) is 19.2. The summed E-state index contributed by atoms with van der Waals surface area (Å²) in [5.41, 5.74) is 1.51. The van der Waals surface area contributed by atoms with Crippen LogP contribution in [0.3, 0.4) is 0 Å². The molecule has 5 nitrogen and oxygen atoms in total. The van der Waals surface area contributed by atoms with Crippen LogP contribution < -0.4 is 5.32 Å². The predicted molar refractivity (Wildman–Crippen MR) is 80.2 cm³/mol. The Morgan fingerprint density at radius 3 is 2.39 bits per heavy atom. The third-order valence-corrected chi connectivity index (χ3v) is 3.21. The summed E-state index contributed by atoms with van der Waals surface area (Å²) in [5, 5.41) is 20.7. The zero-order chi connectivity index (χ0) is 17.5. The maximum absolute atomic E-state index is 12.3. The molecule has 0 fully saturated rings. The highest BCUT2D eigenvalue weighted by Gasteiger charge is 2.29. The van der Waals surface area contributed by atoms with Crippen LogP contribution in [0.4, 0.5) is 23.7 Å². The number of halogens is 3. The SMILES string of the molecule is CCc1ccc(NC(=O)N(CCC(F)(F)F)C[C@H](O)CO)cc1. The number of carbonyl (C=O) groups excluding carboxylic acids is 1. The van der Waals surface area contributed by atoms with Gasteiger partial charge in [0.2, 0.25) is 0 Å². The molecule has 8 heteroatoms. The molecule has 1 atom stereocenters. The number of anilines is 1. The number of aliphatic hydroxyl groups excluding tert-OH is 2. The van der Waals surface area contributed by atoms with Crippen LogP contribution in [0.1, 0.15) is 18.9 Å². The van der Waals surface area contributed by atoms with Crippen LogP contribution in [-0.2, 0) is 6.42 Å². The van der Waals surface area contributed by atoms with Gasteiger partial charge in [-0.3, -0.25) is 0 Å². The van der Waals surface area contributed by atoms with E-state index in [0.29, 0.717) is 5.69 Å². The van der Waals surface area contributed by atoms with Gasteiger partial charge in [-0.25, -0.2) is 4.79 Å². The molecule has 130 valence electrons. The van der Waals surface area contributed by atoms with Gasteiger partial charge in [-0.2, -0.15) is 13.2 Å². The van der Waals surface area contributed by atoms with Crippen molar-refractivity contribution >= 4 is 11.7 Å². The molecule has 0 unspecified atom stereocenters. The molecule has 0 aliphatic rings. The normalized spacial score (nSPS) is 12.8. The molecule has 1 aromatic carbocycles. The zero-order valence-electron chi connectivity index (χ0n) is 12.8. The molecule has 2 amide bonds. The molecular weight excluding hydrogens is 313 g/mol. The van der Waals surface area contributed by atoms with E-state index < -0.39 is 37.9 Å². The number of carbonyl (C=O) groups is 1. The molecule has 23 heavy (non-hydrogen) atoms. The first-order valence-electron chi connectivity index (χ1n) is 7.25. The number of amides is 2. The second-order valence-electron chi connectivity index (χ2n) is 5.13. The lowest BCUT2D eigenvalue weighted by atomic mass is 10.1. The van der Waals surface area contributed by atoms with E-state index in [9.17, 15) is 23.1 Å². The number of hydrogen-bond donors (Lipinski definition) is 3. The third-order valence-electron chi connectivity index (χ3n) is 3.21. The topological polar surface area (TPSA) is 72.8 Å². The van der Waals surface area contributed by atoms with Crippen LogP contribution in [0.2, 0.25) is 0 Å². The van der Waals surface area contributed by atoms with Gasteiger partial charge in [-0.15, -0.1) is 0 Å². The number of rotatable bonds is 7. The lowest BCUT2D eigenvalue weighted by molar-refractivity contribution is -0.137. The molecule has 1 aromatic rings. The Morgan fingerprint density at radius 2 is 1.91 bits per heavy atom. The average molecular weight is 334 g/mol. The number of aliphatic hydroxyl groups is 2. The van der Waals surface area contributed by atoms with Crippen LogP contribution in [-0.4, -0.2) is 53.1 Å².